The highest BCUT2D eigenvalue weighted by Gasteiger charge is 2.27. The van der Waals surface area contributed by atoms with Crippen molar-refractivity contribution in [2.45, 2.75) is 38.1 Å². The Balaban J connectivity index is 2.18. The maximum atomic E-state index is 11.2. The van der Waals surface area contributed by atoms with Crippen LogP contribution in [-0.2, 0) is 22.4 Å². The SMILES string of the molecule is COCCCc1ncc2n1C(C(=O)O)CCC2. The molecule has 0 saturated carbocycles. The minimum absolute atomic E-state index is 0.432. The Morgan fingerprint density at radius 1 is 1.71 bits per heavy atom. The highest BCUT2D eigenvalue weighted by molar-refractivity contribution is 5.72. The minimum atomic E-state index is -0.753. The zero-order chi connectivity index (χ0) is 12.3. The van der Waals surface area contributed by atoms with Gasteiger partial charge in [-0.15, -0.1) is 0 Å². The standard InChI is InChI=1S/C12H18N2O3/c1-17-7-3-6-11-13-8-9-4-2-5-10(12(15)16)14(9)11/h8,10H,2-7H2,1H3,(H,15,16). The summed E-state index contributed by atoms with van der Waals surface area (Å²) in [7, 11) is 1.67. The molecule has 2 heterocycles. The van der Waals surface area contributed by atoms with Crippen molar-refractivity contribution in [2.75, 3.05) is 13.7 Å². The van der Waals surface area contributed by atoms with E-state index in [2.05, 4.69) is 4.98 Å². The molecule has 0 fully saturated rings. The van der Waals surface area contributed by atoms with Gasteiger partial charge in [0.05, 0.1) is 0 Å². The number of aromatic nitrogens is 2. The third-order valence-electron chi connectivity index (χ3n) is 3.21. The third kappa shape index (κ3) is 2.49. The molecule has 94 valence electrons. The molecular formula is C12H18N2O3. The number of methoxy groups -OCH3 is 1. The zero-order valence-corrected chi connectivity index (χ0v) is 10.1. The molecule has 1 aromatic heterocycles. The molecule has 0 bridgehead atoms. The Morgan fingerprint density at radius 2 is 2.53 bits per heavy atom. The molecule has 1 unspecified atom stereocenters. The number of aliphatic carboxylic acids is 1. The molecule has 0 saturated heterocycles. The van der Waals surface area contributed by atoms with Crippen LogP contribution in [0.3, 0.4) is 0 Å². The lowest BCUT2D eigenvalue weighted by molar-refractivity contribution is -0.141. The van der Waals surface area contributed by atoms with Crippen LogP contribution in [0.4, 0.5) is 0 Å². The summed E-state index contributed by atoms with van der Waals surface area (Å²) in [6, 6.07) is -0.432. The highest BCUT2D eigenvalue weighted by atomic mass is 16.5. The van der Waals surface area contributed by atoms with Crippen LogP contribution >= 0.6 is 0 Å². The van der Waals surface area contributed by atoms with E-state index < -0.39 is 12.0 Å². The first-order valence-electron chi connectivity index (χ1n) is 6.00. The van der Waals surface area contributed by atoms with E-state index in [1.165, 1.54) is 0 Å². The van der Waals surface area contributed by atoms with E-state index >= 15 is 0 Å². The fourth-order valence-corrected chi connectivity index (χ4v) is 2.40. The van der Waals surface area contributed by atoms with E-state index in [1.54, 1.807) is 7.11 Å². The summed E-state index contributed by atoms with van der Waals surface area (Å²) < 4.78 is 6.91. The first-order chi connectivity index (χ1) is 8.24. The fraction of sp³-hybridized carbons (Fsp3) is 0.667. The molecule has 0 radical (unpaired) electrons. The fourth-order valence-electron chi connectivity index (χ4n) is 2.40. The second kappa shape index (κ2) is 5.31. The number of carbonyl (C=O) groups is 1. The quantitative estimate of drug-likeness (QED) is 0.788. The Morgan fingerprint density at radius 3 is 3.24 bits per heavy atom. The number of imidazole rings is 1. The second-order valence-corrected chi connectivity index (χ2v) is 4.38. The Labute approximate surface area is 100 Å². The number of fused-ring (bicyclic) bond motifs is 1. The molecule has 1 aliphatic rings. The van der Waals surface area contributed by atoms with Crippen molar-refractivity contribution in [2.24, 2.45) is 0 Å². The van der Waals surface area contributed by atoms with Gasteiger partial charge in [0.15, 0.2) is 0 Å². The first-order valence-corrected chi connectivity index (χ1v) is 6.00. The van der Waals surface area contributed by atoms with E-state index in [4.69, 9.17) is 4.74 Å². The monoisotopic (exact) mass is 238 g/mol. The van der Waals surface area contributed by atoms with Crippen LogP contribution in [-0.4, -0.2) is 34.3 Å². The second-order valence-electron chi connectivity index (χ2n) is 4.38. The van der Waals surface area contributed by atoms with Gasteiger partial charge in [-0.25, -0.2) is 9.78 Å². The third-order valence-corrected chi connectivity index (χ3v) is 3.21. The summed E-state index contributed by atoms with van der Waals surface area (Å²) in [5.41, 5.74) is 1.05. The van der Waals surface area contributed by atoms with Gasteiger partial charge < -0.3 is 14.4 Å². The van der Waals surface area contributed by atoms with Crippen molar-refractivity contribution >= 4 is 5.97 Å². The first kappa shape index (κ1) is 12.1. The molecule has 17 heavy (non-hydrogen) atoms. The lowest BCUT2D eigenvalue weighted by Gasteiger charge is -2.24. The molecule has 5 nitrogen and oxygen atoms in total. The van der Waals surface area contributed by atoms with Gasteiger partial charge in [0.1, 0.15) is 11.9 Å². The van der Waals surface area contributed by atoms with Gasteiger partial charge in [0.2, 0.25) is 0 Å². The largest absolute Gasteiger partial charge is 0.480 e. The number of carboxylic acid groups (broad SMARTS) is 1. The van der Waals surface area contributed by atoms with Crippen molar-refractivity contribution in [1.29, 1.82) is 0 Å². The molecule has 2 rings (SSSR count). The van der Waals surface area contributed by atoms with E-state index in [1.807, 2.05) is 10.8 Å². The average molecular weight is 238 g/mol. The van der Waals surface area contributed by atoms with Crippen molar-refractivity contribution in [3.05, 3.63) is 17.7 Å². The molecule has 0 aliphatic carbocycles. The summed E-state index contributed by atoms with van der Waals surface area (Å²) in [6.45, 7) is 0.680. The normalized spacial score (nSPS) is 19.0. The minimum Gasteiger partial charge on any atom is -0.480 e. The number of nitrogens with zero attached hydrogens (tertiary/aromatic N) is 2. The molecule has 0 aromatic carbocycles. The summed E-state index contributed by atoms with van der Waals surface area (Å²) in [5, 5.41) is 9.23. The smallest absolute Gasteiger partial charge is 0.326 e. The molecule has 0 spiro atoms. The number of ether oxygens (including phenoxy) is 1. The van der Waals surface area contributed by atoms with Gasteiger partial charge in [0.25, 0.3) is 0 Å². The van der Waals surface area contributed by atoms with Gasteiger partial charge in [-0.3, -0.25) is 0 Å². The van der Waals surface area contributed by atoms with Gasteiger partial charge in [-0.1, -0.05) is 0 Å². The van der Waals surface area contributed by atoms with Crippen LogP contribution in [0.15, 0.2) is 6.20 Å². The zero-order valence-electron chi connectivity index (χ0n) is 10.1. The molecule has 5 heteroatoms. The average Bonchev–Trinajstić information content (AvgIpc) is 2.73. The van der Waals surface area contributed by atoms with E-state index in [9.17, 15) is 9.90 Å². The van der Waals surface area contributed by atoms with Crippen LogP contribution in [0.2, 0.25) is 0 Å². The lowest BCUT2D eigenvalue weighted by Crippen LogP contribution is -2.26. The van der Waals surface area contributed by atoms with Crippen LogP contribution in [0.5, 0.6) is 0 Å². The summed E-state index contributed by atoms with van der Waals surface area (Å²) in [4.78, 5) is 15.6. The van der Waals surface area contributed by atoms with Crippen LogP contribution in [0, 0.1) is 0 Å². The van der Waals surface area contributed by atoms with Gasteiger partial charge in [-0.05, 0) is 25.7 Å². The van der Waals surface area contributed by atoms with E-state index in [-0.39, 0.29) is 0 Å². The van der Waals surface area contributed by atoms with Gasteiger partial charge in [-0.2, -0.15) is 0 Å². The Kier molecular flexibility index (Phi) is 3.78. The number of carboxylic acids is 1. The number of rotatable bonds is 5. The molecule has 1 aliphatic heterocycles. The maximum Gasteiger partial charge on any atom is 0.326 e. The predicted molar refractivity (Wildman–Crippen MR) is 62.0 cm³/mol. The maximum absolute atomic E-state index is 11.2. The highest BCUT2D eigenvalue weighted by Crippen LogP contribution is 2.27. The summed E-state index contributed by atoms with van der Waals surface area (Å²) in [6.07, 6.45) is 6.03. The van der Waals surface area contributed by atoms with Crippen molar-refractivity contribution in [3.8, 4) is 0 Å². The Hall–Kier alpha value is -1.36. The van der Waals surface area contributed by atoms with Crippen molar-refractivity contribution in [3.63, 3.8) is 0 Å². The summed E-state index contributed by atoms with van der Waals surface area (Å²) >= 11 is 0. The van der Waals surface area contributed by atoms with Crippen molar-refractivity contribution in [1.82, 2.24) is 9.55 Å². The van der Waals surface area contributed by atoms with Crippen molar-refractivity contribution < 1.29 is 14.6 Å². The number of aryl methyl sites for hydroxylation is 2. The van der Waals surface area contributed by atoms with E-state index in [0.717, 1.165) is 37.2 Å². The van der Waals surface area contributed by atoms with E-state index in [0.29, 0.717) is 13.0 Å². The van der Waals surface area contributed by atoms with Gasteiger partial charge in [0, 0.05) is 32.0 Å². The molecule has 1 aromatic rings. The Bertz CT molecular complexity index is 400. The molecular weight excluding hydrogens is 220 g/mol. The molecule has 1 atom stereocenters. The summed E-state index contributed by atoms with van der Waals surface area (Å²) in [5.74, 6) is 0.126. The molecule has 1 N–H and O–H groups in total. The van der Waals surface area contributed by atoms with Crippen LogP contribution in [0.25, 0.3) is 0 Å². The topological polar surface area (TPSA) is 64.4 Å². The van der Waals surface area contributed by atoms with Gasteiger partial charge >= 0.3 is 5.97 Å². The number of hydrogen-bond acceptors (Lipinski definition) is 3. The van der Waals surface area contributed by atoms with Crippen LogP contribution < -0.4 is 0 Å². The molecule has 0 amide bonds. The lowest BCUT2D eigenvalue weighted by atomic mass is 10.0. The van der Waals surface area contributed by atoms with Crippen LogP contribution in [0.1, 0.15) is 36.8 Å². The number of hydrogen-bond donors (Lipinski definition) is 1. The predicted octanol–water partition coefficient (Wildman–Crippen LogP) is 1.42.